The Kier molecular flexibility index (Phi) is 5.48. The van der Waals surface area contributed by atoms with Gasteiger partial charge in [-0.15, -0.1) is 0 Å². The van der Waals surface area contributed by atoms with E-state index in [0.29, 0.717) is 0 Å². The van der Waals surface area contributed by atoms with Crippen LogP contribution < -0.4 is 10.0 Å². The van der Waals surface area contributed by atoms with Gasteiger partial charge in [0.2, 0.25) is 0 Å². The normalized spacial score (nSPS) is 11.0. The van der Waals surface area contributed by atoms with Crippen molar-refractivity contribution < 1.29 is 4.74 Å². The lowest BCUT2D eigenvalue weighted by Crippen LogP contribution is -1.96. The molecule has 0 spiro atoms. The molecule has 1 nitrogen and oxygen atoms in total. The lowest BCUT2D eigenvalue weighted by atomic mass is 10.1. The van der Waals surface area contributed by atoms with Gasteiger partial charge in [0.15, 0.2) is 0 Å². The van der Waals surface area contributed by atoms with Crippen LogP contribution in [0.5, 0.6) is 5.75 Å². The van der Waals surface area contributed by atoms with Crippen molar-refractivity contribution in [1.82, 2.24) is 0 Å². The SMILES string of the molecule is COc1ccccc1CPc1ccc(-c2ccccc2Br)cc1. The van der Waals surface area contributed by atoms with Crippen molar-refractivity contribution in [3.8, 4) is 16.9 Å². The van der Waals surface area contributed by atoms with Gasteiger partial charge in [0.05, 0.1) is 7.11 Å². The number of halogens is 1. The van der Waals surface area contributed by atoms with Crippen LogP contribution in [-0.2, 0) is 6.16 Å². The fourth-order valence-corrected chi connectivity index (χ4v) is 4.11. The van der Waals surface area contributed by atoms with Crippen molar-refractivity contribution in [2.75, 3.05) is 7.11 Å². The van der Waals surface area contributed by atoms with E-state index in [1.807, 2.05) is 18.2 Å². The lowest BCUT2D eigenvalue weighted by Gasteiger charge is -2.09. The molecular weight excluding hydrogens is 367 g/mol. The molecule has 3 aromatic carbocycles. The molecule has 0 aliphatic heterocycles. The average Bonchev–Trinajstić information content (AvgIpc) is 2.61. The standard InChI is InChI=1S/C20H18BrOP/c1-22-20-9-5-2-6-16(20)14-23-17-12-10-15(11-13-17)18-7-3-4-8-19(18)21/h2-13,23H,14H2,1H3. The maximum Gasteiger partial charge on any atom is 0.122 e. The van der Waals surface area contributed by atoms with Crippen LogP contribution in [-0.4, -0.2) is 7.11 Å². The highest BCUT2D eigenvalue weighted by molar-refractivity contribution is 9.10. The summed E-state index contributed by atoms with van der Waals surface area (Å²) in [6.45, 7) is 0. The number of methoxy groups -OCH3 is 1. The maximum absolute atomic E-state index is 5.42. The monoisotopic (exact) mass is 384 g/mol. The van der Waals surface area contributed by atoms with E-state index in [1.165, 1.54) is 22.0 Å². The fraction of sp³-hybridized carbons (Fsp3) is 0.100. The van der Waals surface area contributed by atoms with Gasteiger partial charge in [0.1, 0.15) is 5.75 Å². The molecule has 0 bridgehead atoms. The summed E-state index contributed by atoms with van der Waals surface area (Å²) in [7, 11) is 2.47. The van der Waals surface area contributed by atoms with Crippen LogP contribution in [0.2, 0.25) is 0 Å². The van der Waals surface area contributed by atoms with E-state index in [1.54, 1.807) is 7.11 Å². The molecule has 0 aliphatic carbocycles. The molecule has 0 aromatic heterocycles. The molecule has 0 heterocycles. The fourth-order valence-electron chi connectivity index (χ4n) is 2.51. The third-order valence-electron chi connectivity index (χ3n) is 3.75. The second kappa shape index (κ2) is 7.77. The van der Waals surface area contributed by atoms with Gasteiger partial charge in [-0.2, -0.15) is 0 Å². The molecule has 23 heavy (non-hydrogen) atoms. The average molecular weight is 385 g/mol. The third-order valence-corrected chi connectivity index (χ3v) is 5.74. The minimum absolute atomic E-state index is 0.741. The Morgan fingerprint density at radius 3 is 2.30 bits per heavy atom. The molecule has 1 unspecified atom stereocenters. The van der Waals surface area contributed by atoms with E-state index in [2.05, 4.69) is 70.5 Å². The smallest absolute Gasteiger partial charge is 0.122 e. The summed E-state index contributed by atoms with van der Waals surface area (Å²) in [6.07, 6.45) is 1.01. The largest absolute Gasteiger partial charge is 0.496 e. The minimum Gasteiger partial charge on any atom is -0.496 e. The number of hydrogen-bond acceptors (Lipinski definition) is 1. The van der Waals surface area contributed by atoms with Crippen LogP contribution in [0, 0.1) is 0 Å². The van der Waals surface area contributed by atoms with Gasteiger partial charge in [-0.25, -0.2) is 0 Å². The Balaban J connectivity index is 1.72. The van der Waals surface area contributed by atoms with E-state index in [0.717, 1.165) is 25.0 Å². The molecule has 3 aromatic rings. The molecule has 3 rings (SSSR count). The number of benzene rings is 3. The molecule has 0 saturated heterocycles. The van der Waals surface area contributed by atoms with Gasteiger partial charge in [-0.3, -0.25) is 0 Å². The van der Waals surface area contributed by atoms with Crippen LogP contribution in [0.15, 0.2) is 77.3 Å². The molecule has 0 amide bonds. The Bertz CT molecular complexity index is 784. The Morgan fingerprint density at radius 2 is 1.57 bits per heavy atom. The molecule has 0 N–H and O–H groups in total. The van der Waals surface area contributed by atoms with Crippen molar-refractivity contribution in [3.05, 3.63) is 82.8 Å². The topological polar surface area (TPSA) is 9.23 Å². The minimum atomic E-state index is 0.741. The summed E-state index contributed by atoms with van der Waals surface area (Å²) in [5, 5.41) is 1.37. The first kappa shape index (κ1) is 16.2. The predicted molar refractivity (Wildman–Crippen MR) is 104 cm³/mol. The molecule has 0 saturated carbocycles. The summed E-state index contributed by atoms with van der Waals surface area (Å²) in [5.41, 5.74) is 3.73. The molecular formula is C20H18BrOP. The van der Waals surface area contributed by atoms with Crippen LogP contribution in [0.1, 0.15) is 5.56 Å². The lowest BCUT2D eigenvalue weighted by molar-refractivity contribution is 0.411. The maximum atomic E-state index is 5.42. The Hall–Kier alpha value is -1.63. The Morgan fingerprint density at radius 1 is 0.870 bits per heavy atom. The molecule has 3 heteroatoms. The molecule has 0 aliphatic rings. The van der Waals surface area contributed by atoms with E-state index < -0.39 is 0 Å². The van der Waals surface area contributed by atoms with Crippen molar-refractivity contribution in [2.24, 2.45) is 0 Å². The molecule has 1 atom stereocenters. The van der Waals surface area contributed by atoms with Gasteiger partial charge < -0.3 is 4.74 Å². The summed E-state index contributed by atoms with van der Waals surface area (Å²) in [5.74, 6) is 0.977. The second-order valence-corrected chi connectivity index (χ2v) is 7.36. The number of ether oxygens (including phenoxy) is 1. The third kappa shape index (κ3) is 4.02. The van der Waals surface area contributed by atoms with Crippen molar-refractivity contribution in [1.29, 1.82) is 0 Å². The first-order valence-corrected chi connectivity index (χ1v) is 9.48. The highest BCUT2D eigenvalue weighted by atomic mass is 79.9. The predicted octanol–water partition coefficient (Wildman–Crippen LogP) is 5.63. The quantitative estimate of drug-likeness (QED) is 0.518. The van der Waals surface area contributed by atoms with Gasteiger partial charge in [-0.1, -0.05) is 85.2 Å². The summed E-state index contributed by atoms with van der Waals surface area (Å²) >= 11 is 3.62. The zero-order valence-electron chi connectivity index (χ0n) is 12.9. The van der Waals surface area contributed by atoms with Crippen LogP contribution in [0.4, 0.5) is 0 Å². The Labute approximate surface area is 147 Å². The summed E-state index contributed by atoms with van der Waals surface area (Å²) in [4.78, 5) is 0. The van der Waals surface area contributed by atoms with Gasteiger partial charge >= 0.3 is 0 Å². The van der Waals surface area contributed by atoms with Crippen molar-refractivity contribution >= 4 is 29.8 Å². The van der Waals surface area contributed by atoms with Gasteiger partial charge in [-0.05, 0) is 40.3 Å². The van der Waals surface area contributed by atoms with Gasteiger partial charge in [0.25, 0.3) is 0 Å². The van der Waals surface area contributed by atoms with E-state index in [-0.39, 0.29) is 0 Å². The van der Waals surface area contributed by atoms with Crippen LogP contribution >= 0.6 is 24.5 Å². The van der Waals surface area contributed by atoms with E-state index in [9.17, 15) is 0 Å². The first-order chi connectivity index (χ1) is 11.3. The van der Waals surface area contributed by atoms with Crippen molar-refractivity contribution in [3.63, 3.8) is 0 Å². The first-order valence-electron chi connectivity index (χ1n) is 7.48. The zero-order chi connectivity index (χ0) is 16.1. The van der Waals surface area contributed by atoms with E-state index >= 15 is 0 Å². The van der Waals surface area contributed by atoms with Gasteiger partial charge in [0, 0.05) is 4.47 Å². The summed E-state index contributed by atoms with van der Waals surface area (Å²) in [6, 6.07) is 25.4. The second-order valence-electron chi connectivity index (χ2n) is 5.22. The highest BCUT2D eigenvalue weighted by Gasteiger charge is 2.04. The summed E-state index contributed by atoms with van der Waals surface area (Å²) < 4.78 is 6.55. The van der Waals surface area contributed by atoms with Crippen molar-refractivity contribution in [2.45, 2.75) is 6.16 Å². The van der Waals surface area contributed by atoms with Crippen LogP contribution in [0.25, 0.3) is 11.1 Å². The molecule has 116 valence electrons. The molecule has 0 radical (unpaired) electrons. The number of para-hydroxylation sites is 1. The highest BCUT2D eigenvalue weighted by Crippen LogP contribution is 2.29. The zero-order valence-corrected chi connectivity index (χ0v) is 15.5. The number of hydrogen-bond donors (Lipinski definition) is 0. The molecule has 0 fully saturated rings. The number of rotatable bonds is 5. The van der Waals surface area contributed by atoms with Crippen LogP contribution in [0.3, 0.4) is 0 Å². The van der Waals surface area contributed by atoms with E-state index in [4.69, 9.17) is 4.74 Å².